The first kappa shape index (κ1) is 23.2. The van der Waals surface area contributed by atoms with Gasteiger partial charge in [-0.25, -0.2) is 0 Å². The van der Waals surface area contributed by atoms with E-state index in [9.17, 15) is 18.3 Å². The van der Waals surface area contributed by atoms with Gasteiger partial charge in [0.05, 0.1) is 30.6 Å². The number of nitrogens with zero attached hydrogens (tertiary/aromatic N) is 1. The molecule has 1 aromatic rings. The van der Waals surface area contributed by atoms with Gasteiger partial charge in [-0.2, -0.15) is 13.2 Å². The molecule has 1 aliphatic carbocycles. The molecule has 2 fully saturated rings. The summed E-state index contributed by atoms with van der Waals surface area (Å²) in [5.41, 5.74) is -0.454. The lowest BCUT2D eigenvalue weighted by molar-refractivity contribution is -0.137. The first-order valence-corrected chi connectivity index (χ1v) is 10.7. The number of ether oxygens (including phenoxy) is 2. The van der Waals surface area contributed by atoms with E-state index in [2.05, 4.69) is 17.1 Å². The number of piperidine rings is 1. The van der Waals surface area contributed by atoms with E-state index in [1.807, 2.05) is 0 Å². The molecule has 0 amide bonds. The maximum absolute atomic E-state index is 13.0. The average molecular weight is 431 g/mol. The number of likely N-dealkylation sites (tertiary alicyclic amines) is 1. The molecule has 1 saturated heterocycles. The Hall–Kier alpha value is -1.51. The fraction of sp³-hybridized carbons (Fsp3) is 0.727. The van der Waals surface area contributed by atoms with Gasteiger partial charge in [0, 0.05) is 31.8 Å². The summed E-state index contributed by atoms with van der Waals surface area (Å²) in [6.07, 6.45) is 1.78. The molecule has 170 valence electrons. The van der Waals surface area contributed by atoms with E-state index in [0.717, 1.165) is 69.8 Å². The van der Waals surface area contributed by atoms with Gasteiger partial charge in [0.1, 0.15) is 5.75 Å². The second-order valence-electron chi connectivity index (χ2n) is 8.70. The lowest BCUT2D eigenvalue weighted by Gasteiger charge is -2.48. The Morgan fingerprint density at radius 3 is 2.40 bits per heavy atom. The summed E-state index contributed by atoms with van der Waals surface area (Å²) in [6.45, 7) is 5.35. The Morgan fingerprint density at radius 2 is 1.80 bits per heavy atom. The Kier molecular flexibility index (Phi) is 7.52. The molecule has 0 spiro atoms. The monoisotopic (exact) mass is 430 g/mol. The van der Waals surface area contributed by atoms with Crippen molar-refractivity contribution in [1.29, 1.82) is 0 Å². The standard InChI is InChI=1S/C22H33F3N2O3/c1-21(9-5-18(6-10-21)30-14-13-29-2)27-11-7-17(8-12-27)26-19-15-16(22(23,24)25)3-4-20(19)28/h3-4,15,17-18,26,28H,5-14H2,1-2H3/t18-,21-. The van der Waals surface area contributed by atoms with E-state index in [1.165, 1.54) is 0 Å². The number of hydrogen-bond donors (Lipinski definition) is 2. The second kappa shape index (κ2) is 9.75. The van der Waals surface area contributed by atoms with Crippen molar-refractivity contribution in [2.75, 3.05) is 38.7 Å². The molecule has 1 aliphatic heterocycles. The Labute approximate surface area is 176 Å². The summed E-state index contributed by atoms with van der Waals surface area (Å²) in [4.78, 5) is 2.52. The molecule has 2 N–H and O–H groups in total. The van der Waals surface area contributed by atoms with Gasteiger partial charge in [0.15, 0.2) is 0 Å². The molecule has 5 nitrogen and oxygen atoms in total. The number of rotatable bonds is 7. The van der Waals surface area contributed by atoms with Gasteiger partial charge in [0.25, 0.3) is 0 Å². The van der Waals surface area contributed by atoms with Gasteiger partial charge in [-0.15, -0.1) is 0 Å². The highest BCUT2D eigenvalue weighted by Crippen LogP contribution is 2.38. The highest BCUT2D eigenvalue weighted by atomic mass is 19.4. The summed E-state index contributed by atoms with van der Waals surface area (Å²) in [6, 6.07) is 3.05. The maximum Gasteiger partial charge on any atom is 0.416 e. The van der Waals surface area contributed by atoms with Gasteiger partial charge >= 0.3 is 6.18 Å². The lowest BCUT2D eigenvalue weighted by atomic mass is 9.79. The number of methoxy groups -OCH3 is 1. The van der Waals surface area contributed by atoms with E-state index >= 15 is 0 Å². The van der Waals surface area contributed by atoms with Crippen molar-refractivity contribution in [3.63, 3.8) is 0 Å². The smallest absolute Gasteiger partial charge is 0.416 e. The minimum absolute atomic E-state index is 0.0490. The SMILES string of the molecule is COCCO[C@H]1CC[C@](C)(N2CCC(Nc3cc(C(F)(F)F)ccc3O)CC2)CC1. The van der Waals surface area contributed by atoms with Crippen molar-refractivity contribution in [2.24, 2.45) is 0 Å². The minimum Gasteiger partial charge on any atom is -0.506 e. The number of phenols is 1. The van der Waals surface area contributed by atoms with E-state index < -0.39 is 11.7 Å². The molecule has 1 aromatic carbocycles. The van der Waals surface area contributed by atoms with Crippen LogP contribution < -0.4 is 5.32 Å². The molecule has 0 atom stereocenters. The largest absolute Gasteiger partial charge is 0.506 e. The van der Waals surface area contributed by atoms with Crippen LogP contribution >= 0.6 is 0 Å². The molecule has 2 aliphatic rings. The van der Waals surface area contributed by atoms with Gasteiger partial charge in [-0.3, -0.25) is 4.90 Å². The fourth-order valence-corrected chi connectivity index (χ4v) is 4.61. The zero-order valence-electron chi connectivity index (χ0n) is 17.8. The molecule has 0 radical (unpaired) electrons. The van der Waals surface area contributed by atoms with Crippen LogP contribution in [0, 0.1) is 0 Å². The third-order valence-electron chi connectivity index (χ3n) is 6.59. The van der Waals surface area contributed by atoms with Crippen LogP contribution in [0.25, 0.3) is 0 Å². The second-order valence-corrected chi connectivity index (χ2v) is 8.70. The van der Waals surface area contributed by atoms with Crippen LogP contribution in [0.4, 0.5) is 18.9 Å². The van der Waals surface area contributed by atoms with Gasteiger partial charge < -0.3 is 19.9 Å². The predicted octanol–water partition coefficient (Wildman–Crippen LogP) is 4.65. The van der Waals surface area contributed by atoms with Crippen LogP contribution in [0.1, 0.15) is 51.0 Å². The maximum atomic E-state index is 13.0. The molecule has 30 heavy (non-hydrogen) atoms. The van der Waals surface area contributed by atoms with Crippen LogP contribution in [-0.2, 0) is 15.7 Å². The first-order chi connectivity index (χ1) is 14.2. The van der Waals surface area contributed by atoms with Crippen molar-refractivity contribution in [1.82, 2.24) is 4.90 Å². The number of alkyl halides is 3. The Morgan fingerprint density at radius 1 is 1.13 bits per heavy atom. The number of halogens is 3. The van der Waals surface area contributed by atoms with Crippen LogP contribution in [0.2, 0.25) is 0 Å². The molecule has 1 heterocycles. The number of nitrogens with one attached hydrogen (secondary N) is 1. The Bertz CT molecular complexity index is 683. The van der Waals surface area contributed by atoms with Gasteiger partial charge in [-0.1, -0.05) is 0 Å². The van der Waals surface area contributed by atoms with Crippen molar-refractivity contribution >= 4 is 5.69 Å². The summed E-state index contributed by atoms with van der Waals surface area (Å²) in [5.74, 6) is -0.149. The van der Waals surface area contributed by atoms with Crippen molar-refractivity contribution in [3.05, 3.63) is 23.8 Å². The first-order valence-electron chi connectivity index (χ1n) is 10.7. The van der Waals surface area contributed by atoms with Crippen LogP contribution in [-0.4, -0.2) is 61.1 Å². The summed E-state index contributed by atoms with van der Waals surface area (Å²) in [7, 11) is 1.67. The van der Waals surface area contributed by atoms with Crippen LogP contribution in [0.5, 0.6) is 5.75 Å². The molecule has 8 heteroatoms. The zero-order chi connectivity index (χ0) is 21.8. The van der Waals surface area contributed by atoms with Crippen molar-refractivity contribution in [3.8, 4) is 5.75 Å². The molecular weight excluding hydrogens is 397 g/mol. The van der Waals surface area contributed by atoms with E-state index in [0.29, 0.717) is 19.3 Å². The molecule has 1 saturated carbocycles. The molecule has 3 rings (SSSR count). The average Bonchev–Trinajstić information content (AvgIpc) is 2.71. The molecule has 0 unspecified atom stereocenters. The Balaban J connectivity index is 1.50. The van der Waals surface area contributed by atoms with E-state index in [1.54, 1.807) is 7.11 Å². The molecular formula is C22H33F3N2O3. The van der Waals surface area contributed by atoms with Crippen molar-refractivity contribution in [2.45, 2.75) is 69.3 Å². The predicted molar refractivity (Wildman–Crippen MR) is 110 cm³/mol. The highest BCUT2D eigenvalue weighted by Gasteiger charge is 2.38. The lowest BCUT2D eigenvalue weighted by Crippen LogP contribution is -2.53. The topological polar surface area (TPSA) is 54.0 Å². The summed E-state index contributed by atoms with van der Waals surface area (Å²) < 4.78 is 49.8. The number of anilines is 1. The van der Waals surface area contributed by atoms with Crippen LogP contribution in [0.15, 0.2) is 18.2 Å². The number of hydrogen-bond acceptors (Lipinski definition) is 5. The van der Waals surface area contributed by atoms with E-state index in [4.69, 9.17) is 9.47 Å². The number of benzene rings is 1. The van der Waals surface area contributed by atoms with Gasteiger partial charge in [0.2, 0.25) is 0 Å². The molecule has 0 bridgehead atoms. The third kappa shape index (κ3) is 5.80. The normalized spacial score (nSPS) is 26.6. The zero-order valence-corrected chi connectivity index (χ0v) is 17.8. The summed E-state index contributed by atoms with van der Waals surface area (Å²) >= 11 is 0. The summed E-state index contributed by atoms with van der Waals surface area (Å²) in [5, 5.41) is 13.1. The quantitative estimate of drug-likeness (QED) is 0.487. The minimum atomic E-state index is -4.42. The van der Waals surface area contributed by atoms with E-state index in [-0.39, 0.29) is 23.0 Å². The fourth-order valence-electron chi connectivity index (χ4n) is 4.61. The number of phenolic OH excluding ortho intramolecular Hbond substituents is 1. The van der Waals surface area contributed by atoms with Gasteiger partial charge in [-0.05, 0) is 63.6 Å². The van der Waals surface area contributed by atoms with Crippen LogP contribution in [0.3, 0.4) is 0 Å². The third-order valence-corrected chi connectivity index (χ3v) is 6.59. The highest BCUT2D eigenvalue weighted by molar-refractivity contribution is 5.58. The number of aromatic hydroxyl groups is 1. The van der Waals surface area contributed by atoms with Crippen molar-refractivity contribution < 1.29 is 27.8 Å². The molecule has 0 aromatic heterocycles.